The van der Waals surface area contributed by atoms with E-state index in [2.05, 4.69) is 47.3 Å². The van der Waals surface area contributed by atoms with E-state index < -0.39 is 0 Å². The van der Waals surface area contributed by atoms with Crippen molar-refractivity contribution in [2.45, 2.75) is 45.6 Å². The molecule has 1 spiro atoms. The molecule has 0 amide bonds. The molecule has 2 N–H and O–H groups in total. The first kappa shape index (κ1) is 24.2. The lowest BCUT2D eigenvalue weighted by molar-refractivity contribution is 0.279. The molecule has 6 heteroatoms. The number of hydrogen-bond donors (Lipinski definition) is 2. The number of benzene rings is 2. The molecule has 2 aliphatic rings. The number of anilines is 2. The Bertz CT molecular complexity index is 938. The van der Waals surface area contributed by atoms with Crippen LogP contribution in [-0.2, 0) is 13.0 Å². The molecule has 0 aromatic heterocycles. The third-order valence-electron chi connectivity index (χ3n) is 7.19. The number of halogens is 1. The molecular weight excluding hydrogens is 434 g/mol. The normalized spacial score (nSPS) is 20.7. The minimum Gasteiger partial charge on any atom is -0.494 e. The quantitative estimate of drug-likeness (QED) is 0.466. The Balaban J connectivity index is 1.33. The van der Waals surface area contributed by atoms with Crippen molar-refractivity contribution in [2.75, 3.05) is 56.6 Å². The number of rotatable bonds is 10. The highest BCUT2D eigenvalue weighted by atomic mass is 35.5. The van der Waals surface area contributed by atoms with Crippen LogP contribution < -0.4 is 15.0 Å². The molecule has 0 bridgehead atoms. The number of nitrogens with zero attached hydrogens (tertiary/aromatic N) is 2. The lowest BCUT2D eigenvalue weighted by Crippen LogP contribution is -2.29. The zero-order valence-corrected chi connectivity index (χ0v) is 20.8. The number of likely N-dealkylation sites (tertiary alicyclic amines) is 1. The predicted molar refractivity (Wildman–Crippen MR) is 138 cm³/mol. The van der Waals surface area contributed by atoms with Crippen molar-refractivity contribution >= 4 is 23.0 Å². The van der Waals surface area contributed by atoms with Crippen molar-refractivity contribution in [2.24, 2.45) is 5.41 Å². The van der Waals surface area contributed by atoms with Crippen molar-refractivity contribution in [3.8, 4) is 5.75 Å². The molecule has 2 fully saturated rings. The van der Waals surface area contributed by atoms with E-state index in [0.717, 1.165) is 78.8 Å². The summed E-state index contributed by atoms with van der Waals surface area (Å²) in [6.07, 6.45) is 5.51. The van der Waals surface area contributed by atoms with Gasteiger partial charge < -0.3 is 25.0 Å². The summed E-state index contributed by atoms with van der Waals surface area (Å²) in [5.74, 6) is 0.875. The zero-order chi connectivity index (χ0) is 23.3. The average Bonchev–Trinajstić information content (AvgIpc) is 3.39. The molecule has 180 valence electrons. The van der Waals surface area contributed by atoms with Crippen LogP contribution in [0.4, 0.5) is 11.4 Å². The Morgan fingerprint density at radius 1 is 1.09 bits per heavy atom. The van der Waals surface area contributed by atoms with E-state index in [1.54, 1.807) is 0 Å². The first-order chi connectivity index (χ1) is 16.0. The van der Waals surface area contributed by atoms with Gasteiger partial charge in [-0.1, -0.05) is 31.0 Å². The fraction of sp³-hybridized carbons (Fsp3) is 0.556. The molecule has 1 atom stereocenters. The Kier molecular flexibility index (Phi) is 8.05. The first-order valence-corrected chi connectivity index (χ1v) is 12.7. The fourth-order valence-corrected chi connectivity index (χ4v) is 5.56. The maximum absolute atomic E-state index is 9.72. The molecule has 5 nitrogen and oxygen atoms in total. The Labute approximate surface area is 203 Å². The number of aliphatic hydroxyl groups is 1. The van der Waals surface area contributed by atoms with Crippen LogP contribution in [0.3, 0.4) is 0 Å². The lowest BCUT2D eigenvalue weighted by Gasteiger charge is -2.25. The average molecular weight is 472 g/mol. The van der Waals surface area contributed by atoms with Gasteiger partial charge in [0.15, 0.2) is 0 Å². The standard InChI is InChI=1S/C27H38ClN3O2/c1-3-4-15-33-24-7-5-22(18-32)21(16-24)9-12-29-23-6-8-26(25(28)17-23)31-14-11-27(20-31)10-13-30(2)19-27/h5-8,16-17,29,32H,3-4,9-15,18-20H2,1-2H3. The van der Waals surface area contributed by atoms with Gasteiger partial charge in [0.05, 0.1) is 23.9 Å². The van der Waals surface area contributed by atoms with E-state index >= 15 is 0 Å². The number of hydrogen-bond acceptors (Lipinski definition) is 5. The smallest absolute Gasteiger partial charge is 0.119 e. The van der Waals surface area contributed by atoms with Gasteiger partial charge in [-0.25, -0.2) is 0 Å². The molecular formula is C27H38ClN3O2. The van der Waals surface area contributed by atoms with Crippen LogP contribution in [0.2, 0.25) is 5.02 Å². The van der Waals surface area contributed by atoms with Crippen molar-refractivity contribution in [3.05, 3.63) is 52.5 Å². The molecule has 0 aliphatic carbocycles. The second kappa shape index (κ2) is 11.0. The van der Waals surface area contributed by atoms with Crippen molar-refractivity contribution in [3.63, 3.8) is 0 Å². The number of aliphatic hydroxyl groups excluding tert-OH is 1. The molecule has 2 heterocycles. The fourth-order valence-electron chi connectivity index (χ4n) is 5.26. The molecule has 4 rings (SSSR count). The van der Waals surface area contributed by atoms with Crippen LogP contribution >= 0.6 is 11.6 Å². The number of unbranched alkanes of at least 4 members (excludes halogenated alkanes) is 1. The minimum atomic E-state index is 0.0399. The summed E-state index contributed by atoms with van der Waals surface area (Å²) in [7, 11) is 2.23. The van der Waals surface area contributed by atoms with E-state index in [4.69, 9.17) is 16.3 Å². The van der Waals surface area contributed by atoms with Crippen LogP contribution in [0.25, 0.3) is 0 Å². The molecule has 33 heavy (non-hydrogen) atoms. The monoisotopic (exact) mass is 471 g/mol. The third-order valence-corrected chi connectivity index (χ3v) is 7.50. The van der Waals surface area contributed by atoms with Crippen molar-refractivity contribution in [1.82, 2.24) is 4.90 Å². The maximum atomic E-state index is 9.72. The topological polar surface area (TPSA) is 48.0 Å². The molecule has 1 unspecified atom stereocenters. The Hall–Kier alpha value is -1.95. The Morgan fingerprint density at radius 3 is 2.67 bits per heavy atom. The number of nitrogens with one attached hydrogen (secondary N) is 1. The van der Waals surface area contributed by atoms with Crippen LogP contribution in [-0.4, -0.2) is 56.4 Å². The summed E-state index contributed by atoms with van der Waals surface area (Å²) in [6.45, 7) is 8.28. The SMILES string of the molecule is CCCCOc1ccc(CO)c(CCNc2ccc(N3CCC4(CCN(C)C4)C3)c(Cl)c2)c1. The molecule has 2 aromatic carbocycles. The van der Waals surface area contributed by atoms with Gasteiger partial charge in [0.1, 0.15) is 5.75 Å². The minimum absolute atomic E-state index is 0.0399. The molecule has 0 saturated carbocycles. The molecule has 0 radical (unpaired) electrons. The van der Waals surface area contributed by atoms with E-state index in [0.29, 0.717) is 5.41 Å². The van der Waals surface area contributed by atoms with Gasteiger partial charge in [0.2, 0.25) is 0 Å². The van der Waals surface area contributed by atoms with E-state index in [1.165, 1.54) is 25.9 Å². The summed E-state index contributed by atoms with van der Waals surface area (Å²) in [5, 5.41) is 14.0. The maximum Gasteiger partial charge on any atom is 0.119 e. The number of ether oxygens (including phenoxy) is 1. The molecule has 2 aromatic rings. The lowest BCUT2D eigenvalue weighted by atomic mass is 9.86. The highest BCUT2D eigenvalue weighted by Gasteiger charge is 2.42. The summed E-state index contributed by atoms with van der Waals surface area (Å²) >= 11 is 6.72. The van der Waals surface area contributed by atoms with E-state index in [-0.39, 0.29) is 6.61 Å². The van der Waals surface area contributed by atoms with Crippen LogP contribution in [0, 0.1) is 5.41 Å². The van der Waals surface area contributed by atoms with E-state index in [1.807, 2.05) is 18.2 Å². The second-order valence-corrected chi connectivity index (χ2v) is 10.2. The van der Waals surface area contributed by atoms with Gasteiger partial charge in [0.25, 0.3) is 0 Å². The van der Waals surface area contributed by atoms with Gasteiger partial charge in [-0.15, -0.1) is 0 Å². The summed E-state index contributed by atoms with van der Waals surface area (Å²) < 4.78 is 5.84. The summed E-state index contributed by atoms with van der Waals surface area (Å²) in [6, 6.07) is 12.3. The zero-order valence-electron chi connectivity index (χ0n) is 20.1. The third kappa shape index (κ3) is 5.95. The summed E-state index contributed by atoms with van der Waals surface area (Å²) in [5.41, 5.74) is 4.68. The highest BCUT2D eigenvalue weighted by molar-refractivity contribution is 6.33. The van der Waals surface area contributed by atoms with Gasteiger partial charge in [0, 0.05) is 37.3 Å². The first-order valence-electron chi connectivity index (χ1n) is 12.3. The van der Waals surface area contributed by atoms with Gasteiger partial charge in [-0.2, -0.15) is 0 Å². The van der Waals surface area contributed by atoms with Gasteiger partial charge in [-0.3, -0.25) is 0 Å². The largest absolute Gasteiger partial charge is 0.494 e. The van der Waals surface area contributed by atoms with Crippen LogP contribution in [0.5, 0.6) is 5.75 Å². The van der Waals surface area contributed by atoms with E-state index in [9.17, 15) is 5.11 Å². The van der Waals surface area contributed by atoms with Crippen molar-refractivity contribution < 1.29 is 9.84 Å². The van der Waals surface area contributed by atoms with Gasteiger partial charge in [-0.05, 0) is 80.7 Å². The van der Waals surface area contributed by atoms with Crippen molar-refractivity contribution in [1.29, 1.82) is 0 Å². The highest BCUT2D eigenvalue weighted by Crippen LogP contribution is 2.42. The predicted octanol–water partition coefficient (Wildman–Crippen LogP) is 5.20. The van der Waals surface area contributed by atoms with Crippen LogP contribution in [0.15, 0.2) is 36.4 Å². The Morgan fingerprint density at radius 2 is 1.94 bits per heavy atom. The summed E-state index contributed by atoms with van der Waals surface area (Å²) in [4.78, 5) is 4.91. The second-order valence-electron chi connectivity index (χ2n) is 9.79. The van der Waals surface area contributed by atoms with Gasteiger partial charge >= 0.3 is 0 Å². The van der Waals surface area contributed by atoms with Crippen LogP contribution in [0.1, 0.15) is 43.7 Å². The molecule has 2 saturated heterocycles. The molecule has 2 aliphatic heterocycles.